The van der Waals surface area contributed by atoms with Crippen molar-refractivity contribution in [3.8, 4) is 6.07 Å². The molecule has 0 unspecified atom stereocenters. The molecule has 0 saturated heterocycles. The average molecular weight is 299 g/mol. The summed E-state index contributed by atoms with van der Waals surface area (Å²) in [6, 6.07) is 7.81. The molecular weight excluding hydrogens is 288 g/mol. The van der Waals surface area contributed by atoms with Crippen LogP contribution in [0, 0.1) is 25.2 Å². The Morgan fingerprint density at radius 3 is 2.90 bits per heavy atom. The van der Waals surface area contributed by atoms with E-state index < -0.39 is 0 Å². The zero-order valence-electron chi connectivity index (χ0n) is 11.4. The minimum Gasteiger partial charge on any atom is -0.339 e. The normalized spacial score (nSPS) is 10.6. The zero-order valence-corrected chi connectivity index (χ0v) is 12.2. The molecule has 1 N–H and O–H groups in total. The number of nitrogens with one attached hydrogen (secondary N) is 1. The fourth-order valence-electron chi connectivity index (χ4n) is 2.09. The van der Waals surface area contributed by atoms with Crippen molar-refractivity contribution in [2.24, 2.45) is 0 Å². The molecule has 0 aliphatic carbocycles. The Labute approximate surface area is 126 Å². The van der Waals surface area contributed by atoms with Gasteiger partial charge in [0.1, 0.15) is 23.4 Å². The van der Waals surface area contributed by atoms with E-state index in [1.54, 1.807) is 4.52 Å². The van der Waals surface area contributed by atoms with E-state index in [0.717, 1.165) is 11.1 Å². The minimum atomic E-state index is 0.351. The van der Waals surface area contributed by atoms with Gasteiger partial charge < -0.3 is 5.32 Å². The lowest BCUT2D eigenvalue weighted by Gasteiger charge is -2.13. The average Bonchev–Trinajstić information content (AvgIpc) is 2.92. The van der Waals surface area contributed by atoms with Crippen LogP contribution in [0.4, 0.5) is 11.5 Å². The lowest BCUT2D eigenvalue weighted by molar-refractivity contribution is 0.936. The highest BCUT2D eigenvalue weighted by molar-refractivity contribution is 6.30. The first-order chi connectivity index (χ1) is 10.1. The summed E-state index contributed by atoms with van der Waals surface area (Å²) in [5.41, 5.74) is 2.91. The van der Waals surface area contributed by atoms with Gasteiger partial charge in [-0.2, -0.15) is 24.8 Å². The highest BCUT2D eigenvalue weighted by Crippen LogP contribution is 2.27. The monoisotopic (exact) mass is 298 g/mol. The molecule has 0 aliphatic heterocycles. The van der Waals surface area contributed by atoms with Crippen molar-refractivity contribution in [3.63, 3.8) is 0 Å². The first kappa shape index (κ1) is 13.3. The van der Waals surface area contributed by atoms with Gasteiger partial charge in [-0.3, -0.25) is 0 Å². The van der Waals surface area contributed by atoms with Crippen molar-refractivity contribution in [2.45, 2.75) is 13.8 Å². The first-order valence-electron chi connectivity index (χ1n) is 6.24. The molecule has 104 valence electrons. The maximum absolute atomic E-state index is 9.31. The summed E-state index contributed by atoms with van der Waals surface area (Å²) in [5, 5.41) is 17.0. The Morgan fingerprint density at radius 1 is 1.33 bits per heavy atom. The van der Waals surface area contributed by atoms with Crippen LogP contribution in [-0.4, -0.2) is 19.6 Å². The van der Waals surface area contributed by atoms with Gasteiger partial charge in [-0.05, 0) is 25.5 Å². The van der Waals surface area contributed by atoms with Gasteiger partial charge in [-0.25, -0.2) is 0 Å². The van der Waals surface area contributed by atoms with Crippen molar-refractivity contribution in [1.29, 1.82) is 5.26 Å². The summed E-state index contributed by atoms with van der Waals surface area (Å²) in [6.45, 7) is 3.72. The molecule has 0 fully saturated rings. The van der Waals surface area contributed by atoms with Crippen molar-refractivity contribution in [2.75, 3.05) is 5.32 Å². The van der Waals surface area contributed by atoms with Crippen molar-refractivity contribution < 1.29 is 0 Å². The van der Waals surface area contributed by atoms with Gasteiger partial charge in [-0.1, -0.05) is 23.7 Å². The van der Waals surface area contributed by atoms with Crippen LogP contribution in [0.5, 0.6) is 0 Å². The smallest absolute Gasteiger partial charge is 0.255 e. The zero-order chi connectivity index (χ0) is 15.0. The van der Waals surface area contributed by atoms with E-state index in [2.05, 4.69) is 26.5 Å². The van der Waals surface area contributed by atoms with Gasteiger partial charge in [0, 0.05) is 5.56 Å². The summed E-state index contributed by atoms with van der Waals surface area (Å²) >= 11 is 6.12. The number of anilines is 2. The first-order valence-corrected chi connectivity index (χ1v) is 6.62. The third kappa shape index (κ3) is 2.18. The minimum absolute atomic E-state index is 0.351. The Bertz CT molecular complexity index is 877. The Morgan fingerprint density at radius 2 is 2.14 bits per heavy atom. The number of nitriles is 1. The number of nitrogens with zero attached hydrogens (tertiary/aromatic N) is 5. The standard InChI is InChI=1S/C14H11ClN6/c1-8-4-3-5-11(10(8)6-16)19-13-9(2)12(15)20-14-17-7-18-21(13)14/h3-5,7,19H,1-2H3. The van der Waals surface area contributed by atoms with Gasteiger partial charge in [-0.15, -0.1) is 0 Å². The van der Waals surface area contributed by atoms with Crippen molar-refractivity contribution in [1.82, 2.24) is 19.6 Å². The molecule has 6 nitrogen and oxygen atoms in total. The molecule has 0 aliphatic rings. The predicted octanol–water partition coefficient (Wildman–Crippen LogP) is 3.01. The maximum atomic E-state index is 9.31. The van der Waals surface area contributed by atoms with E-state index in [1.165, 1.54) is 6.33 Å². The number of fused-ring (bicyclic) bond motifs is 1. The molecule has 0 amide bonds. The Balaban J connectivity index is 2.19. The van der Waals surface area contributed by atoms with Gasteiger partial charge in [0.15, 0.2) is 0 Å². The van der Waals surface area contributed by atoms with E-state index >= 15 is 0 Å². The molecule has 2 aromatic heterocycles. The lowest BCUT2D eigenvalue weighted by atomic mass is 10.1. The van der Waals surface area contributed by atoms with Crippen LogP contribution in [0.25, 0.3) is 5.78 Å². The quantitative estimate of drug-likeness (QED) is 0.736. The topological polar surface area (TPSA) is 78.9 Å². The molecule has 1 aromatic carbocycles. The van der Waals surface area contributed by atoms with E-state index in [4.69, 9.17) is 11.6 Å². The highest BCUT2D eigenvalue weighted by Gasteiger charge is 2.14. The maximum Gasteiger partial charge on any atom is 0.255 e. The molecule has 0 saturated carbocycles. The predicted molar refractivity (Wildman–Crippen MR) is 79.7 cm³/mol. The van der Waals surface area contributed by atoms with Crippen molar-refractivity contribution >= 4 is 28.9 Å². The van der Waals surface area contributed by atoms with Crippen LogP contribution in [0.1, 0.15) is 16.7 Å². The molecule has 3 rings (SSSR count). The summed E-state index contributed by atoms with van der Waals surface area (Å²) in [5.74, 6) is 1.05. The van der Waals surface area contributed by atoms with Crippen LogP contribution in [0.15, 0.2) is 24.5 Å². The van der Waals surface area contributed by atoms with Gasteiger partial charge in [0.2, 0.25) is 0 Å². The molecule has 7 heteroatoms. The molecule has 0 bridgehead atoms. The summed E-state index contributed by atoms with van der Waals surface area (Å²) in [6.07, 6.45) is 1.41. The number of hydrogen-bond acceptors (Lipinski definition) is 5. The van der Waals surface area contributed by atoms with E-state index in [9.17, 15) is 5.26 Å². The van der Waals surface area contributed by atoms with E-state index in [-0.39, 0.29) is 0 Å². The lowest BCUT2D eigenvalue weighted by Crippen LogP contribution is -2.06. The second-order valence-corrected chi connectivity index (χ2v) is 4.94. The molecule has 0 atom stereocenters. The Kier molecular flexibility index (Phi) is 3.20. The number of benzene rings is 1. The summed E-state index contributed by atoms with van der Waals surface area (Å²) < 4.78 is 1.56. The summed E-state index contributed by atoms with van der Waals surface area (Å²) in [4.78, 5) is 8.18. The number of hydrogen-bond donors (Lipinski definition) is 1. The van der Waals surface area contributed by atoms with E-state index in [1.807, 2.05) is 32.0 Å². The molecule has 3 aromatic rings. The van der Waals surface area contributed by atoms with Gasteiger partial charge in [0.05, 0.1) is 11.3 Å². The number of halogens is 1. The number of aromatic nitrogens is 4. The fourth-order valence-corrected chi connectivity index (χ4v) is 2.26. The van der Waals surface area contributed by atoms with E-state index in [0.29, 0.717) is 28.0 Å². The van der Waals surface area contributed by atoms with Crippen molar-refractivity contribution in [3.05, 3.63) is 46.4 Å². The van der Waals surface area contributed by atoms with Gasteiger partial charge >= 0.3 is 0 Å². The summed E-state index contributed by atoms with van der Waals surface area (Å²) in [7, 11) is 0. The number of rotatable bonds is 2. The SMILES string of the molecule is Cc1cccc(Nc2c(C)c(Cl)nc3ncnn23)c1C#N. The van der Waals surface area contributed by atoms with Crippen LogP contribution in [0.3, 0.4) is 0 Å². The molecule has 21 heavy (non-hydrogen) atoms. The molecule has 0 radical (unpaired) electrons. The van der Waals surface area contributed by atoms with Crippen LogP contribution in [0.2, 0.25) is 5.15 Å². The second kappa shape index (κ2) is 5.04. The van der Waals surface area contributed by atoms with Gasteiger partial charge in [0.25, 0.3) is 5.78 Å². The van der Waals surface area contributed by atoms with Crippen LogP contribution < -0.4 is 5.32 Å². The second-order valence-electron chi connectivity index (χ2n) is 4.58. The number of aryl methyl sites for hydroxylation is 1. The highest BCUT2D eigenvalue weighted by atomic mass is 35.5. The third-order valence-electron chi connectivity index (χ3n) is 3.24. The Hall–Kier alpha value is -2.65. The van der Waals surface area contributed by atoms with Crippen LogP contribution >= 0.6 is 11.6 Å². The fraction of sp³-hybridized carbons (Fsp3) is 0.143. The third-order valence-corrected chi connectivity index (χ3v) is 3.61. The van der Waals surface area contributed by atoms with Crippen LogP contribution in [-0.2, 0) is 0 Å². The largest absolute Gasteiger partial charge is 0.339 e. The molecule has 2 heterocycles. The molecular formula is C14H11ClN6. The molecule has 0 spiro atoms.